The van der Waals surface area contributed by atoms with E-state index in [0.717, 1.165) is 0 Å². The summed E-state index contributed by atoms with van der Waals surface area (Å²) in [6.07, 6.45) is 3.27. The molecule has 0 fully saturated rings. The maximum absolute atomic E-state index is 9.36. The molecule has 0 bridgehead atoms. The highest BCUT2D eigenvalue weighted by molar-refractivity contribution is 5.61. The first kappa shape index (κ1) is 10.2. The van der Waals surface area contributed by atoms with Gasteiger partial charge in [0.1, 0.15) is 23.8 Å². The lowest BCUT2D eigenvalue weighted by molar-refractivity contribution is 0.296. The number of ether oxygens (including phenoxy) is 1. The number of nitrogens with zero attached hydrogens (tertiary/aromatic N) is 2. The summed E-state index contributed by atoms with van der Waals surface area (Å²) in [5.41, 5.74) is 5.85. The standard InChI is InChI=1S/C11H11N3O2/c12-11-8(15)3-1-4-9(11)16-7-10-13-5-2-6-14-10/h1-6,15H,7,12H2. The molecule has 2 rings (SSSR count). The van der Waals surface area contributed by atoms with E-state index in [9.17, 15) is 5.11 Å². The Labute approximate surface area is 92.5 Å². The average Bonchev–Trinajstić information content (AvgIpc) is 2.32. The average molecular weight is 217 g/mol. The number of aromatic nitrogens is 2. The van der Waals surface area contributed by atoms with Gasteiger partial charge in [0, 0.05) is 12.4 Å². The Morgan fingerprint density at radius 3 is 2.69 bits per heavy atom. The minimum absolute atomic E-state index is 0.00600. The Morgan fingerprint density at radius 1 is 1.19 bits per heavy atom. The third kappa shape index (κ3) is 2.20. The van der Waals surface area contributed by atoms with Crippen LogP contribution in [0, 0.1) is 0 Å². The summed E-state index contributed by atoms with van der Waals surface area (Å²) in [7, 11) is 0. The van der Waals surface area contributed by atoms with Gasteiger partial charge in [0.15, 0.2) is 5.82 Å². The molecule has 2 aromatic rings. The second-order valence-corrected chi connectivity index (χ2v) is 3.14. The van der Waals surface area contributed by atoms with Crippen molar-refractivity contribution in [3.63, 3.8) is 0 Å². The Balaban J connectivity index is 2.08. The van der Waals surface area contributed by atoms with Crippen molar-refractivity contribution in [1.82, 2.24) is 9.97 Å². The van der Waals surface area contributed by atoms with Crippen molar-refractivity contribution in [3.8, 4) is 11.5 Å². The van der Waals surface area contributed by atoms with Crippen molar-refractivity contribution in [3.05, 3.63) is 42.5 Å². The normalized spacial score (nSPS) is 10.0. The van der Waals surface area contributed by atoms with Gasteiger partial charge in [-0.3, -0.25) is 0 Å². The Kier molecular flexibility index (Phi) is 2.86. The van der Waals surface area contributed by atoms with Crippen LogP contribution in [0.3, 0.4) is 0 Å². The first-order valence-corrected chi connectivity index (χ1v) is 4.73. The van der Waals surface area contributed by atoms with Gasteiger partial charge in [-0.25, -0.2) is 9.97 Å². The number of anilines is 1. The summed E-state index contributed by atoms with van der Waals surface area (Å²) in [5, 5.41) is 9.36. The van der Waals surface area contributed by atoms with Crippen molar-refractivity contribution in [2.45, 2.75) is 6.61 Å². The van der Waals surface area contributed by atoms with Gasteiger partial charge in [-0.1, -0.05) is 6.07 Å². The zero-order valence-corrected chi connectivity index (χ0v) is 8.50. The van der Waals surface area contributed by atoms with Gasteiger partial charge < -0.3 is 15.6 Å². The van der Waals surface area contributed by atoms with Crippen molar-refractivity contribution in [1.29, 1.82) is 0 Å². The monoisotopic (exact) mass is 217 g/mol. The third-order valence-electron chi connectivity index (χ3n) is 2.02. The molecule has 0 amide bonds. The number of nitrogens with two attached hydrogens (primary N) is 1. The fourth-order valence-corrected chi connectivity index (χ4v) is 1.21. The highest BCUT2D eigenvalue weighted by Crippen LogP contribution is 2.30. The summed E-state index contributed by atoms with van der Waals surface area (Å²) < 4.78 is 5.39. The molecule has 0 aliphatic heterocycles. The van der Waals surface area contributed by atoms with E-state index in [2.05, 4.69) is 9.97 Å². The molecule has 5 heteroatoms. The van der Waals surface area contributed by atoms with Crippen LogP contribution in [0.5, 0.6) is 11.5 Å². The van der Waals surface area contributed by atoms with E-state index >= 15 is 0 Å². The Hall–Kier alpha value is -2.30. The molecule has 3 N–H and O–H groups in total. The summed E-state index contributed by atoms with van der Waals surface area (Å²) in [4.78, 5) is 8.01. The summed E-state index contributed by atoms with van der Waals surface area (Å²) in [6, 6.07) is 6.57. The van der Waals surface area contributed by atoms with Crippen molar-refractivity contribution >= 4 is 5.69 Å². The number of nitrogen functional groups attached to an aromatic ring is 1. The molecule has 0 atom stereocenters. The van der Waals surface area contributed by atoms with Gasteiger partial charge in [-0.05, 0) is 18.2 Å². The van der Waals surface area contributed by atoms with Crippen LogP contribution < -0.4 is 10.5 Å². The predicted molar refractivity (Wildman–Crippen MR) is 58.9 cm³/mol. The van der Waals surface area contributed by atoms with Crippen LogP contribution in [0.25, 0.3) is 0 Å². The number of hydrogen-bond donors (Lipinski definition) is 2. The van der Waals surface area contributed by atoms with Crippen LogP contribution >= 0.6 is 0 Å². The van der Waals surface area contributed by atoms with Gasteiger partial charge in [0.05, 0.1) is 0 Å². The second-order valence-electron chi connectivity index (χ2n) is 3.14. The number of hydrogen-bond acceptors (Lipinski definition) is 5. The molecule has 5 nitrogen and oxygen atoms in total. The molecule has 0 aliphatic rings. The lowest BCUT2D eigenvalue weighted by Gasteiger charge is -2.08. The van der Waals surface area contributed by atoms with Crippen LogP contribution in [-0.2, 0) is 6.61 Å². The zero-order valence-electron chi connectivity index (χ0n) is 8.50. The van der Waals surface area contributed by atoms with E-state index in [0.29, 0.717) is 11.6 Å². The zero-order chi connectivity index (χ0) is 11.4. The third-order valence-corrected chi connectivity index (χ3v) is 2.02. The number of phenols is 1. The number of rotatable bonds is 3. The lowest BCUT2D eigenvalue weighted by atomic mass is 10.3. The molecule has 1 aromatic heterocycles. The molecular weight excluding hydrogens is 206 g/mol. The highest BCUT2D eigenvalue weighted by atomic mass is 16.5. The van der Waals surface area contributed by atoms with Gasteiger partial charge in [-0.15, -0.1) is 0 Å². The van der Waals surface area contributed by atoms with E-state index < -0.39 is 0 Å². The first-order valence-electron chi connectivity index (χ1n) is 4.73. The maximum atomic E-state index is 9.36. The number of aromatic hydroxyl groups is 1. The molecular formula is C11H11N3O2. The van der Waals surface area contributed by atoms with Crippen molar-refractivity contribution in [2.24, 2.45) is 0 Å². The van der Waals surface area contributed by atoms with Crippen LogP contribution in [0.15, 0.2) is 36.7 Å². The maximum Gasteiger partial charge on any atom is 0.166 e. The van der Waals surface area contributed by atoms with Crippen LogP contribution in [-0.4, -0.2) is 15.1 Å². The summed E-state index contributed by atoms with van der Waals surface area (Å²) in [6.45, 7) is 0.217. The Bertz CT molecular complexity index is 474. The molecule has 0 aliphatic carbocycles. The van der Waals surface area contributed by atoms with Gasteiger partial charge in [0.25, 0.3) is 0 Å². The minimum Gasteiger partial charge on any atom is -0.506 e. The molecule has 82 valence electrons. The smallest absolute Gasteiger partial charge is 0.166 e. The van der Waals surface area contributed by atoms with Gasteiger partial charge in [0.2, 0.25) is 0 Å². The first-order chi connectivity index (χ1) is 7.77. The molecule has 0 saturated heterocycles. The summed E-state index contributed by atoms with van der Waals surface area (Å²) in [5.74, 6) is 0.990. The largest absolute Gasteiger partial charge is 0.506 e. The van der Waals surface area contributed by atoms with Crippen molar-refractivity contribution < 1.29 is 9.84 Å². The SMILES string of the molecule is Nc1c(O)cccc1OCc1ncccn1. The lowest BCUT2D eigenvalue weighted by Crippen LogP contribution is -2.02. The van der Waals surface area contributed by atoms with E-state index in [-0.39, 0.29) is 18.0 Å². The molecule has 0 unspecified atom stereocenters. The highest BCUT2D eigenvalue weighted by Gasteiger charge is 2.05. The number of para-hydroxylation sites is 1. The van der Waals surface area contributed by atoms with Gasteiger partial charge in [-0.2, -0.15) is 0 Å². The van der Waals surface area contributed by atoms with Crippen LogP contribution in [0.4, 0.5) is 5.69 Å². The molecule has 1 aromatic carbocycles. The fraction of sp³-hybridized carbons (Fsp3) is 0.0909. The molecule has 16 heavy (non-hydrogen) atoms. The van der Waals surface area contributed by atoms with Gasteiger partial charge >= 0.3 is 0 Å². The topological polar surface area (TPSA) is 81.3 Å². The van der Waals surface area contributed by atoms with E-state index in [4.69, 9.17) is 10.5 Å². The van der Waals surface area contributed by atoms with Crippen molar-refractivity contribution in [2.75, 3.05) is 5.73 Å². The number of phenolic OH excluding ortho intramolecular Hbond substituents is 1. The molecule has 0 saturated carbocycles. The Morgan fingerprint density at radius 2 is 1.94 bits per heavy atom. The van der Waals surface area contributed by atoms with E-state index in [1.165, 1.54) is 6.07 Å². The number of benzene rings is 1. The van der Waals surface area contributed by atoms with E-state index in [1.807, 2.05) is 0 Å². The van der Waals surface area contributed by atoms with E-state index in [1.54, 1.807) is 30.6 Å². The molecule has 0 radical (unpaired) electrons. The molecule has 1 heterocycles. The molecule has 0 spiro atoms. The second kappa shape index (κ2) is 4.48. The predicted octanol–water partition coefficient (Wildman–Crippen LogP) is 1.34. The van der Waals surface area contributed by atoms with Crippen LogP contribution in [0.1, 0.15) is 5.82 Å². The van der Waals surface area contributed by atoms with Crippen LogP contribution in [0.2, 0.25) is 0 Å². The fourth-order valence-electron chi connectivity index (χ4n) is 1.21. The quantitative estimate of drug-likeness (QED) is 0.599. The minimum atomic E-state index is 0.00600. The summed E-state index contributed by atoms with van der Waals surface area (Å²) >= 11 is 0.